The lowest BCUT2D eigenvalue weighted by Crippen LogP contribution is -2.63. The number of phenolic OH excluding ortho intramolecular Hbond substituents is 3. The Labute approximate surface area is 227 Å². The molecule has 3 aliphatic heterocycles. The van der Waals surface area contributed by atoms with E-state index in [1.165, 1.54) is 14.2 Å². The largest absolute Gasteiger partial charge is 0.507 e. The average molecular weight is 541 g/mol. The van der Waals surface area contributed by atoms with Crippen molar-refractivity contribution in [2.24, 2.45) is 5.73 Å². The van der Waals surface area contributed by atoms with Crippen LogP contribution in [0.15, 0.2) is 11.8 Å². The maximum atomic E-state index is 12.5. The molecular weight excluding hydrogens is 504 g/mol. The number of methoxy groups -OCH3 is 2. The van der Waals surface area contributed by atoms with Gasteiger partial charge in [-0.25, -0.2) is 0 Å². The van der Waals surface area contributed by atoms with Gasteiger partial charge in [0.15, 0.2) is 23.0 Å². The van der Waals surface area contributed by atoms with Crippen molar-refractivity contribution in [2.75, 3.05) is 27.8 Å². The highest BCUT2D eigenvalue weighted by Crippen LogP contribution is 2.57. The van der Waals surface area contributed by atoms with Crippen LogP contribution in [0.2, 0.25) is 0 Å². The molecule has 5 rings (SSSR count). The number of aromatic hydroxyl groups is 3. The molecule has 1 amide bonds. The molecule has 7 N–H and O–H groups in total. The number of piperazine rings is 1. The fraction of sp³-hybridized carbons (Fsp3) is 0.464. The van der Waals surface area contributed by atoms with Gasteiger partial charge in [0.2, 0.25) is 5.91 Å². The van der Waals surface area contributed by atoms with E-state index in [0.717, 1.165) is 11.1 Å². The number of aryl methyl sites for hydroxylation is 1. The van der Waals surface area contributed by atoms with Crippen LogP contribution in [0.5, 0.6) is 28.7 Å². The number of nitrogens with one attached hydrogen (secondary N) is 1. The van der Waals surface area contributed by atoms with Crippen LogP contribution in [0.1, 0.15) is 52.4 Å². The zero-order valence-corrected chi connectivity index (χ0v) is 22.9. The molecule has 5 atom stereocenters. The van der Waals surface area contributed by atoms with E-state index in [0.29, 0.717) is 40.1 Å². The van der Waals surface area contributed by atoms with Crippen molar-refractivity contribution in [1.82, 2.24) is 15.1 Å². The van der Waals surface area contributed by atoms with E-state index in [1.807, 2.05) is 24.9 Å². The second-order valence-electron chi connectivity index (χ2n) is 10.6. The van der Waals surface area contributed by atoms with Gasteiger partial charge in [-0.2, -0.15) is 0 Å². The Bertz CT molecular complexity index is 1390. The quantitative estimate of drug-likeness (QED) is 0.307. The number of hydrogen-bond acceptors (Lipinski definition) is 10. The Morgan fingerprint density at radius 2 is 1.77 bits per heavy atom. The Kier molecular flexibility index (Phi) is 6.56. The molecule has 2 bridgehead atoms. The van der Waals surface area contributed by atoms with Crippen LogP contribution < -0.4 is 20.5 Å². The zero-order chi connectivity index (χ0) is 28.5. The van der Waals surface area contributed by atoms with Gasteiger partial charge >= 0.3 is 0 Å². The monoisotopic (exact) mass is 540 g/mol. The Morgan fingerprint density at radius 1 is 1.13 bits per heavy atom. The van der Waals surface area contributed by atoms with Crippen LogP contribution in [0, 0.1) is 13.8 Å². The summed E-state index contributed by atoms with van der Waals surface area (Å²) >= 11 is 0. The molecule has 11 heteroatoms. The highest BCUT2D eigenvalue weighted by Gasteiger charge is 2.52. The third-order valence-corrected chi connectivity index (χ3v) is 8.37. The fourth-order valence-electron chi connectivity index (χ4n) is 6.47. The highest BCUT2D eigenvalue weighted by atomic mass is 16.5. The van der Waals surface area contributed by atoms with Gasteiger partial charge in [0.1, 0.15) is 12.0 Å². The second kappa shape index (κ2) is 9.51. The van der Waals surface area contributed by atoms with Crippen LogP contribution in [0.3, 0.4) is 0 Å². The van der Waals surface area contributed by atoms with Gasteiger partial charge in [0, 0.05) is 34.5 Å². The first-order chi connectivity index (χ1) is 18.4. The normalized spacial score (nSPS) is 24.2. The van der Waals surface area contributed by atoms with Crippen molar-refractivity contribution in [3.05, 3.63) is 45.1 Å². The van der Waals surface area contributed by atoms with E-state index in [4.69, 9.17) is 15.2 Å². The number of nitrogens with two attached hydrogens (primary N) is 1. The highest BCUT2D eigenvalue weighted by molar-refractivity contribution is 5.81. The number of fused-ring (bicyclic) bond motifs is 7. The first kappa shape index (κ1) is 26.9. The van der Waals surface area contributed by atoms with Crippen LogP contribution in [-0.4, -0.2) is 82.3 Å². The summed E-state index contributed by atoms with van der Waals surface area (Å²) in [7, 11) is 4.78. The van der Waals surface area contributed by atoms with Gasteiger partial charge in [-0.3, -0.25) is 9.69 Å². The van der Waals surface area contributed by atoms with Crippen molar-refractivity contribution in [1.29, 1.82) is 0 Å². The van der Waals surface area contributed by atoms with E-state index in [2.05, 4.69) is 5.32 Å². The minimum atomic E-state index is -1.05. The van der Waals surface area contributed by atoms with E-state index in [9.17, 15) is 25.2 Å². The minimum absolute atomic E-state index is 0.0137. The Balaban J connectivity index is 1.78. The molecule has 0 aliphatic carbocycles. The summed E-state index contributed by atoms with van der Waals surface area (Å²) in [5.74, 6) is -0.171. The molecule has 39 heavy (non-hydrogen) atoms. The molecule has 210 valence electrons. The minimum Gasteiger partial charge on any atom is -0.507 e. The molecule has 3 aliphatic rings. The zero-order valence-electron chi connectivity index (χ0n) is 22.9. The number of likely N-dealkylation sites (N-methyl/N-ethyl adjacent to an activating group) is 1. The summed E-state index contributed by atoms with van der Waals surface area (Å²) in [5, 5.41) is 48.6. The van der Waals surface area contributed by atoms with Gasteiger partial charge < -0.3 is 45.9 Å². The lowest BCUT2D eigenvalue weighted by molar-refractivity contribution is -0.124. The molecular formula is C28H36N4O7. The predicted octanol–water partition coefficient (Wildman–Crippen LogP) is 1.53. The molecule has 1 saturated heterocycles. The average Bonchev–Trinajstić information content (AvgIpc) is 2.88. The summed E-state index contributed by atoms with van der Waals surface area (Å²) in [4.78, 5) is 16.3. The lowest BCUT2D eigenvalue weighted by Gasteiger charge is -2.57. The third-order valence-electron chi connectivity index (χ3n) is 8.37. The maximum absolute atomic E-state index is 12.5. The smallest absolute Gasteiger partial charge is 0.236 e. The maximum Gasteiger partial charge on any atom is 0.236 e. The Morgan fingerprint density at radius 3 is 2.38 bits per heavy atom. The molecule has 3 unspecified atom stereocenters. The number of ether oxygens (including phenoxy) is 2. The second-order valence-corrected chi connectivity index (χ2v) is 10.6. The van der Waals surface area contributed by atoms with E-state index < -0.39 is 30.3 Å². The number of hydrogen-bond donors (Lipinski definition) is 6. The predicted molar refractivity (Wildman–Crippen MR) is 144 cm³/mol. The van der Waals surface area contributed by atoms with Crippen molar-refractivity contribution in [3.8, 4) is 28.7 Å². The summed E-state index contributed by atoms with van der Waals surface area (Å²) in [6.07, 6.45) is 1.13. The van der Waals surface area contributed by atoms with Crippen LogP contribution in [0.4, 0.5) is 0 Å². The number of aliphatic hydroxyl groups excluding tert-OH is 1. The molecule has 1 fully saturated rings. The molecule has 3 heterocycles. The molecule has 11 nitrogen and oxygen atoms in total. The topological polar surface area (TPSA) is 161 Å². The van der Waals surface area contributed by atoms with Crippen LogP contribution in [-0.2, 0) is 11.2 Å². The van der Waals surface area contributed by atoms with Crippen LogP contribution in [0.25, 0.3) is 6.08 Å². The first-order valence-corrected chi connectivity index (χ1v) is 12.9. The number of rotatable bonds is 5. The number of phenols is 3. The molecule has 0 radical (unpaired) electrons. The van der Waals surface area contributed by atoms with Crippen molar-refractivity contribution >= 4 is 12.0 Å². The number of carbonyl (C=O) groups excluding carboxylic acids is 1. The van der Waals surface area contributed by atoms with Crippen molar-refractivity contribution in [3.63, 3.8) is 0 Å². The molecule has 2 aromatic carbocycles. The van der Waals surface area contributed by atoms with Crippen molar-refractivity contribution in [2.45, 2.75) is 57.6 Å². The van der Waals surface area contributed by atoms with Crippen molar-refractivity contribution < 1.29 is 34.7 Å². The molecule has 2 aromatic rings. The van der Waals surface area contributed by atoms with E-state index >= 15 is 0 Å². The van der Waals surface area contributed by atoms with Gasteiger partial charge in [-0.1, -0.05) is 6.07 Å². The number of amides is 1. The number of carbonyl (C=O) groups is 1. The van der Waals surface area contributed by atoms with Crippen LogP contribution >= 0.6 is 0 Å². The van der Waals surface area contributed by atoms with Gasteiger partial charge in [0.25, 0.3) is 0 Å². The number of nitrogens with zero attached hydrogens (tertiary/aromatic N) is 2. The fourth-order valence-corrected chi connectivity index (χ4v) is 6.47. The SMILES string of the molecule is COc1c(C)cc2c(c1O)C1C3=Cc4c(O)c(C)c(OC)c(O)c4[C@H](CNC(=O)C(C)N)N3[C@@H](O)C(C2)N1C. The van der Waals surface area contributed by atoms with E-state index in [1.54, 1.807) is 24.8 Å². The lowest BCUT2D eigenvalue weighted by atomic mass is 9.77. The standard InChI is InChI=1S/C28H36N4O7/c1-11-7-14-8-17-28(37)32-16(21(31(17)4)19(14)23(34)25(11)38-5)9-15-20(18(32)10-30-27(36)13(3)29)24(35)26(39-6)12(2)22(15)33/h7,9,13,17-18,21,28,33-35,37H,8,10,29H2,1-6H3,(H,30,36)/t13?,17?,18-,21?,28-/m0/s1. The summed E-state index contributed by atoms with van der Waals surface area (Å²) < 4.78 is 10.9. The molecule has 0 saturated carbocycles. The first-order valence-electron chi connectivity index (χ1n) is 12.9. The number of aliphatic hydroxyl groups is 1. The number of benzene rings is 2. The molecule has 0 aromatic heterocycles. The van der Waals surface area contributed by atoms with Gasteiger partial charge in [-0.05, 0) is 51.4 Å². The molecule has 0 spiro atoms. The van der Waals surface area contributed by atoms with Gasteiger partial charge in [-0.15, -0.1) is 0 Å². The summed E-state index contributed by atoms with van der Waals surface area (Å²) in [6, 6.07) is -0.468. The summed E-state index contributed by atoms with van der Waals surface area (Å²) in [6.45, 7) is 5.05. The van der Waals surface area contributed by atoms with Gasteiger partial charge in [0.05, 0.1) is 38.4 Å². The van der Waals surface area contributed by atoms with E-state index in [-0.39, 0.29) is 35.6 Å². The summed E-state index contributed by atoms with van der Waals surface area (Å²) in [5.41, 5.74) is 9.72. The third kappa shape index (κ3) is 3.79. The Hall–Kier alpha value is -3.67.